The molecule has 0 spiro atoms. The third-order valence-electron chi connectivity index (χ3n) is 2.49. The minimum Gasteiger partial charge on any atom is -0.481 e. The number of anilines is 1. The molecule has 0 aliphatic heterocycles. The highest BCUT2D eigenvalue weighted by atomic mass is 19.1. The van der Waals surface area contributed by atoms with Gasteiger partial charge in [0.25, 0.3) is 0 Å². The van der Waals surface area contributed by atoms with E-state index in [1.807, 2.05) is 5.32 Å². The zero-order valence-corrected chi connectivity index (χ0v) is 10.2. The van der Waals surface area contributed by atoms with E-state index < -0.39 is 35.2 Å². The Labute approximate surface area is 108 Å². The fraction of sp³-hybridized carbons (Fsp3) is 0.333. The first-order valence-electron chi connectivity index (χ1n) is 5.63. The van der Waals surface area contributed by atoms with Crippen molar-refractivity contribution in [3.05, 3.63) is 29.8 Å². The molecule has 104 valence electrons. The minimum atomic E-state index is -0.970. The summed E-state index contributed by atoms with van der Waals surface area (Å²) in [6.07, 6.45) is 0.225. The number of halogens is 2. The number of para-hydroxylation sites is 1. The van der Waals surface area contributed by atoms with Gasteiger partial charge in [0.2, 0.25) is 0 Å². The smallest absolute Gasteiger partial charge is 0.319 e. The third-order valence-corrected chi connectivity index (χ3v) is 2.49. The number of amides is 2. The first-order chi connectivity index (χ1) is 8.91. The SMILES string of the molecule is CC(CCNC(=O)Nc1c(F)cccc1F)C(=O)O. The Morgan fingerprint density at radius 3 is 2.42 bits per heavy atom. The molecule has 1 unspecified atom stereocenters. The monoisotopic (exact) mass is 272 g/mol. The van der Waals surface area contributed by atoms with E-state index in [2.05, 4.69) is 5.32 Å². The molecule has 0 aromatic heterocycles. The maximum Gasteiger partial charge on any atom is 0.319 e. The average Bonchev–Trinajstić information content (AvgIpc) is 2.33. The lowest BCUT2D eigenvalue weighted by Gasteiger charge is -2.10. The number of hydrogen-bond donors (Lipinski definition) is 3. The normalized spacial score (nSPS) is 11.7. The molecule has 0 fully saturated rings. The Morgan fingerprint density at radius 1 is 1.32 bits per heavy atom. The summed E-state index contributed by atoms with van der Waals surface area (Å²) in [5, 5.41) is 13.0. The number of carboxylic acid groups (broad SMARTS) is 1. The van der Waals surface area contributed by atoms with Gasteiger partial charge in [0.1, 0.15) is 17.3 Å². The number of urea groups is 1. The van der Waals surface area contributed by atoms with Crippen LogP contribution in [0.2, 0.25) is 0 Å². The summed E-state index contributed by atoms with van der Waals surface area (Å²) in [5.74, 6) is -3.34. The number of rotatable bonds is 5. The zero-order valence-electron chi connectivity index (χ0n) is 10.2. The van der Waals surface area contributed by atoms with E-state index in [1.54, 1.807) is 0 Å². The molecule has 7 heteroatoms. The molecule has 1 atom stereocenters. The molecule has 5 nitrogen and oxygen atoms in total. The van der Waals surface area contributed by atoms with Crippen molar-refractivity contribution < 1.29 is 23.5 Å². The zero-order chi connectivity index (χ0) is 14.4. The van der Waals surface area contributed by atoms with Crippen molar-refractivity contribution in [2.24, 2.45) is 5.92 Å². The molecule has 0 aliphatic rings. The fourth-order valence-electron chi connectivity index (χ4n) is 1.30. The molecule has 1 aromatic rings. The maximum absolute atomic E-state index is 13.2. The standard InChI is InChI=1S/C12H14F2N2O3/c1-7(11(17)18)5-6-15-12(19)16-10-8(13)3-2-4-9(10)14/h2-4,7H,5-6H2,1H3,(H,17,18)(H2,15,16,19). The summed E-state index contributed by atoms with van der Waals surface area (Å²) >= 11 is 0. The summed E-state index contributed by atoms with van der Waals surface area (Å²) in [6, 6.07) is 2.43. The number of aliphatic carboxylic acids is 1. The van der Waals surface area contributed by atoms with Crippen molar-refractivity contribution in [3.8, 4) is 0 Å². The molecule has 0 saturated carbocycles. The Kier molecular flexibility index (Phi) is 5.23. The van der Waals surface area contributed by atoms with Gasteiger partial charge in [-0.05, 0) is 18.6 Å². The van der Waals surface area contributed by atoms with Crippen LogP contribution in [0, 0.1) is 17.6 Å². The Hall–Kier alpha value is -2.18. The van der Waals surface area contributed by atoms with E-state index in [0.717, 1.165) is 12.1 Å². The van der Waals surface area contributed by atoms with Crippen molar-refractivity contribution in [1.29, 1.82) is 0 Å². The van der Waals surface area contributed by atoms with Gasteiger partial charge in [-0.1, -0.05) is 13.0 Å². The molecule has 0 radical (unpaired) electrons. The Balaban J connectivity index is 2.46. The molecule has 0 heterocycles. The number of nitrogens with one attached hydrogen (secondary N) is 2. The second kappa shape index (κ2) is 6.67. The van der Waals surface area contributed by atoms with Crippen LogP contribution in [0.5, 0.6) is 0 Å². The molecule has 0 aliphatic carbocycles. The van der Waals surface area contributed by atoms with Crippen LogP contribution in [0.1, 0.15) is 13.3 Å². The van der Waals surface area contributed by atoms with Gasteiger partial charge in [0, 0.05) is 6.54 Å². The van der Waals surface area contributed by atoms with Gasteiger partial charge >= 0.3 is 12.0 Å². The van der Waals surface area contributed by atoms with E-state index >= 15 is 0 Å². The summed E-state index contributed by atoms with van der Waals surface area (Å²) in [7, 11) is 0. The Morgan fingerprint density at radius 2 is 1.89 bits per heavy atom. The summed E-state index contributed by atoms with van der Waals surface area (Å²) in [4.78, 5) is 21.9. The predicted octanol–water partition coefficient (Wildman–Crippen LogP) is 2.20. The van der Waals surface area contributed by atoms with Crippen LogP contribution in [-0.2, 0) is 4.79 Å². The summed E-state index contributed by atoms with van der Waals surface area (Å²) in [5.41, 5.74) is -0.536. The molecule has 3 N–H and O–H groups in total. The molecule has 1 aromatic carbocycles. The van der Waals surface area contributed by atoms with Crippen molar-refractivity contribution in [3.63, 3.8) is 0 Å². The number of benzene rings is 1. The second-order valence-corrected chi connectivity index (χ2v) is 4.01. The van der Waals surface area contributed by atoms with Gasteiger partial charge in [-0.3, -0.25) is 4.79 Å². The van der Waals surface area contributed by atoms with Crippen molar-refractivity contribution in [2.45, 2.75) is 13.3 Å². The van der Waals surface area contributed by atoms with Crippen LogP contribution in [0.15, 0.2) is 18.2 Å². The van der Waals surface area contributed by atoms with E-state index in [9.17, 15) is 18.4 Å². The van der Waals surface area contributed by atoms with Gasteiger partial charge < -0.3 is 15.7 Å². The molecule has 1 rings (SSSR count). The first kappa shape index (κ1) is 14.9. The summed E-state index contributed by atoms with van der Waals surface area (Å²) < 4.78 is 26.4. The van der Waals surface area contributed by atoms with Crippen LogP contribution in [0.4, 0.5) is 19.3 Å². The minimum absolute atomic E-state index is 0.0926. The lowest BCUT2D eigenvalue weighted by atomic mass is 10.1. The topological polar surface area (TPSA) is 78.4 Å². The first-order valence-corrected chi connectivity index (χ1v) is 5.63. The van der Waals surface area contributed by atoms with Crippen LogP contribution in [-0.4, -0.2) is 23.7 Å². The van der Waals surface area contributed by atoms with Crippen LogP contribution >= 0.6 is 0 Å². The third kappa shape index (κ3) is 4.53. The van der Waals surface area contributed by atoms with Crippen molar-refractivity contribution in [2.75, 3.05) is 11.9 Å². The van der Waals surface area contributed by atoms with Gasteiger partial charge in [-0.15, -0.1) is 0 Å². The van der Waals surface area contributed by atoms with Gasteiger partial charge in [0.15, 0.2) is 0 Å². The van der Waals surface area contributed by atoms with E-state index in [0.29, 0.717) is 0 Å². The highest BCUT2D eigenvalue weighted by Gasteiger charge is 2.13. The highest BCUT2D eigenvalue weighted by molar-refractivity contribution is 5.89. The fourth-order valence-corrected chi connectivity index (χ4v) is 1.30. The Bertz CT molecular complexity index is 460. The number of carbonyl (C=O) groups excluding carboxylic acids is 1. The van der Waals surface area contributed by atoms with Crippen LogP contribution in [0.25, 0.3) is 0 Å². The van der Waals surface area contributed by atoms with Gasteiger partial charge in [-0.25, -0.2) is 13.6 Å². The van der Waals surface area contributed by atoms with Crippen LogP contribution in [0.3, 0.4) is 0 Å². The maximum atomic E-state index is 13.2. The van der Waals surface area contributed by atoms with Crippen molar-refractivity contribution >= 4 is 17.7 Å². The summed E-state index contributed by atoms with van der Waals surface area (Å²) in [6.45, 7) is 1.59. The molecule has 19 heavy (non-hydrogen) atoms. The molecule has 2 amide bonds. The molecule has 0 saturated heterocycles. The van der Waals surface area contributed by atoms with Gasteiger partial charge in [0.05, 0.1) is 5.92 Å². The average molecular weight is 272 g/mol. The number of carbonyl (C=O) groups is 2. The lowest BCUT2D eigenvalue weighted by molar-refractivity contribution is -0.141. The van der Waals surface area contributed by atoms with E-state index in [1.165, 1.54) is 13.0 Å². The van der Waals surface area contributed by atoms with E-state index in [-0.39, 0.29) is 13.0 Å². The second-order valence-electron chi connectivity index (χ2n) is 4.01. The molecular weight excluding hydrogens is 258 g/mol. The van der Waals surface area contributed by atoms with Crippen LogP contribution < -0.4 is 10.6 Å². The number of hydrogen-bond acceptors (Lipinski definition) is 2. The van der Waals surface area contributed by atoms with E-state index in [4.69, 9.17) is 5.11 Å². The largest absolute Gasteiger partial charge is 0.481 e. The molecule has 0 bridgehead atoms. The van der Waals surface area contributed by atoms with Gasteiger partial charge in [-0.2, -0.15) is 0 Å². The lowest BCUT2D eigenvalue weighted by Crippen LogP contribution is -2.31. The quantitative estimate of drug-likeness (QED) is 0.768. The molecular formula is C12H14F2N2O3. The number of carboxylic acids is 1. The van der Waals surface area contributed by atoms with Crippen molar-refractivity contribution in [1.82, 2.24) is 5.32 Å². The predicted molar refractivity (Wildman–Crippen MR) is 64.8 cm³/mol. The highest BCUT2D eigenvalue weighted by Crippen LogP contribution is 2.17.